The third kappa shape index (κ3) is 1.37. The van der Waals surface area contributed by atoms with Gasteiger partial charge in [0.15, 0.2) is 5.82 Å². The van der Waals surface area contributed by atoms with Crippen molar-refractivity contribution in [3.8, 4) is 0 Å². The van der Waals surface area contributed by atoms with Crippen LogP contribution in [0.1, 0.15) is 25.1 Å². The molecule has 1 N–H and O–H groups in total. The summed E-state index contributed by atoms with van der Waals surface area (Å²) < 4.78 is 1.62. The lowest BCUT2D eigenvalue weighted by Gasteiger charge is -2.25. The highest BCUT2D eigenvalue weighted by Gasteiger charge is 2.31. The molecule has 0 bridgehead atoms. The first-order valence-electron chi connectivity index (χ1n) is 4.47. The zero-order valence-corrected chi connectivity index (χ0v) is 7.64. The molecule has 2 rings (SSSR count). The normalized spacial score (nSPS) is 27.8. The minimum Gasteiger partial charge on any atom is -0.378 e. The van der Waals surface area contributed by atoms with Crippen LogP contribution in [-0.4, -0.2) is 19.9 Å². The van der Waals surface area contributed by atoms with E-state index in [4.69, 9.17) is 0 Å². The van der Waals surface area contributed by atoms with Gasteiger partial charge in [-0.3, -0.25) is 4.68 Å². The van der Waals surface area contributed by atoms with E-state index in [2.05, 4.69) is 10.1 Å². The Morgan fingerprint density at radius 1 is 1.62 bits per heavy atom. The smallest absolute Gasteiger partial charge is 0.162 e. The molecule has 0 saturated carbocycles. The lowest BCUT2D eigenvalue weighted by molar-refractivity contribution is 0.0594. The van der Waals surface area contributed by atoms with Crippen LogP contribution in [0.3, 0.4) is 0 Å². The Labute approximate surface area is 76.9 Å². The highest BCUT2D eigenvalue weighted by Crippen LogP contribution is 2.30. The van der Waals surface area contributed by atoms with Crippen molar-refractivity contribution in [1.82, 2.24) is 14.8 Å². The highest BCUT2D eigenvalue weighted by atomic mass is 16.3. The van der Waals surface area contributed by atoms with E-state index >= 15 is 0 Å². The molecule has 0 saturated heterocycles. The topological polar surface area (TPSA) is 50.9 Å². The van der Waals surface area contributed by atoms with Gasteiger partial charge in [0.05, 0.1) is 0 Å². The summed E-state index contributed by atoms with van der Waals surface area (Å²) >= 11 is 0. The van der Waals surface area contributed by atoms with Crippen LogP contribution in [0.4, 0.5) is 0 Å². The summed E-state index contributed by atoms with van der Waals surface area (Å²) in [7, 11) is 1.79. The molecule has 0 aromatic carbocycles. The molecule has 0 aliphatic heterocycles. The maximum Gasteiger partial charge on any atom is 0.162 e. The minimum atomic E-state index is -0.899. The van der Waals surface area contributed by atoms with Crippen LogP contribution in [-0.2, 0) is 12.6 Å². The molecule has 13 heavy (non-hydrogen) atoms. The van der Waals surface area contributed by atoms with Gasteiger partial charge in [-0.2, -0.15) is 5.10 Å². The van der Waals surface area contributed by atoms with Crippen LogP contribution in [0, 0.1) is 0 Å². The zero-order valence-electron chi connectivity index (χ0n) is 7.64. The van der Waals surface area contributed by atoms with Crippen molar-refractivity contribution in [1.29, 1.82) is 0 Å². The van der Waals surface area contributed by atoms with Crippen LogP contribution in [0.25, 0.3) is 0 Å². The number of aryl methyl sites for hydroxylation is 1. The molecular weight excluding hydrogens is 166 g/mol. The Balaban J connectivity index is 2.38. The van der Waals surface area contributed by atoms with E-state index in [1.165, 1.54) is 6.33 Å². The molecule has 0 spiro atoms. The van der Waals surface area contributed by atoms with E-state index in [-0.39, 0.29) is 0 Å². The van der Waals surface area contributed by atoms with Crippen LogP contribution in [0.2, 0.25) is 0 Å². The second-order valence-electron chi connectivity index (χ2n) is 3.43. The molecule has 1 aliphatic carbocycles. The molecule has 0 radical (unpaired) electrons. The van der Waals surface area contributed by atoms with Gasteiger partial charge in [-0.15, -0.1) is 0 Å². The van der Waals surface area contributed by atoms with Gasteiger partial charge in [-0.1, -0.05) is 6.08 Å². The summed E-state index contributed by atoms with van der Waals surface area (Å²) in [4.78, 5) is 4.06. The van der Waals surface area contributed by atoms with E-state index < -0.39 is 5.60 Å². The van der Waals surface area contributed by atoms with Crippen molar-refractivity contribution >= 4 is 0 Å². The van der Waals surface area contributed by atoms with E-state index in [1.807, 2.05) is 12.2 Å². The third-order valence-corrected chi connectivity index (χ3v) is 2.42. The van der Waals surface area contributed by atoms with Crippen molar-refractivity contribution in [2.45, 2.75) is 24.9 Å². The van der Waals surface area contributed by atoms with Gasteiger partial charge in [-0.25, -0.2) is 4.98 Å². The first-order valence-corrected chi connectivity index (χ1v) is 4.47. The van der Waals surface area contributed by atoms with Gasteiger partial charge in [-0.05, 0) is 25.3 Å². The fraction of sp³-hybridized carbons (Fsp3) is 0.556. The summed E-state index contributed by atoms with van der Waals surface area (Å²) in [6.45, 7) is 0. The van der Waals surface area contributed by atoms with E-state index in [0.29, 0.717) is 5.82 Å². The van der Waals surface area contributed by atoms with Crippen molar-refractivity contribution in [3.63, 3.8) is 0 Å². The van der Waals surface area contributed by atoms with Gasteiger partial charge >= 0.3 is 0 Å². The maximum atomic E-state index is 10.2. The van der Waals surface area contributed by atoms with E-state index in [0.717, 1.165) is 19.3 Å². The second kappa shape index (κ2) is 2.96. The molecule has 4 heteroatoms. The van der Waals surface area contributed by atoms with Gasteiger partial charge in [0.1, 0.15) is 11.9 Å². The predicted molar refractivity (Wildman–Crippen MR) is 47.9 cm³/mol. The predicted octanol–water partition coefficient (Wildman–Crippen LogP) is 0.743. The fourth-order valence-corrected chi connectivity index (χ4v) is 1.73. The molecule has 1 heterocycles. The summed E-state index contributed by atoms with van der Waals surface area (Å²) in [6.07, 6.45) is 8.06. The van der Waals surface area contributed by atoms with Crippen molar-refractivity contribution < 1.29 is 5.11 Å². The summed E-state index contributed by atoms with van der Waals surface area (Å²) in [5.41, 5.74) is -0.899. The Bertz CT molecular complexity index is 331. The lowest BCUT2D eigenvalue weighted by atomic mass is 9.90. The number of aliphatic hydroxyl groups is 1. The van der Waals surface area contributed by atoms with Crippen LogP contribution >= 0.6 is 0 Å². The number of hydrogen-bond donors (Lipinski definition) is 1. The number of rotatable bonds is 1. The van der Waals surface area contributed by atoms with Crippen molar-refractivity contribution in [3.05, 3.63) is 24.3 Å². The molecule has 0 amide bonds. The molecule has 0 fully saturated rings. The SMILES string of the molecule is Cn1ncnc1C1(O)C=CCCC1. The summed E-state index contributed by atoms with van der Waals surface area (Å²) in [5.74, 6) is 0.628. The highest BCUT2D eigenvalue weighted by molar-refractivity contribution is 5.14. The molecule has 1 unspecified atom stereocenters. The third-order valence-electron chi connectivity index (χ3n) is 2.42. The largest absolute Gasteiger partial charge is 0.378 e. The first-order chi connectivity index (χ1) is 6.22. The van der Waals surface area contributed by atoms with Crippen molar-refractivity contribution in [2.75, 3.05) is 0 Å². The molecular formula is C9H13N3O. The van der Waals surface area contributed by atoms with Crippen molar-refractivity contribution in [2.24, 2.45) is 7.05 Å². The van der Waals surface area contributed by atoms with E-state index in [9.17, 15) is 5.11 Å². The molecule has 1 atom stereocenters. The van der Waals surface area contributed by atoms with Gasteiger partial charge in [0.25, 0.3) is 0 Å². The second-order valence-corrected chi connectivity index (χ2v) is 3.43. The molecule has 1 aliphatic rings. The molecule has 1 aromatic rings. The van der Waals surface area contributed by atoms with Crippen LogP contribution in [0.15, 0.2) is 18.5 Å². The van der Waals surface area contributed by atoms with Gasteiger partial charge in [0, 0.05) is 7.05 Å². The zero-order chi connectivity index (χ0) is 9.31. The number of allylic oxidation sites excluding steroid dienone is 1. The minimum absolute atomic E-state index is 0.628. The van der Waals surface area contributed by atoms with Crippen LogP contribution < -0.4 is 0 Å². The Morgan fingerprint density at radius 3 is 3.00 bits per heavy atom. The Morgan fingerprint density at radius 2 is 2.46 bits per heavy atom. The first kappa shape index (κ1) is 8.44. The Hall–Kier alpha value is -1.16. The summed E-state index contributed by atoms with van der Waals surface area (Å²) in [6, 6.07) is 0. The fourth-order valence-electron chi connectivity index (χ4n) is 1.73. The average Bonchev–Trinajstić information content (AvgIpc) is 2.53. The van der Waals surface area contributed by atoms with E-state index in [1.54, 1.807) is 11.7 Å². The number of nitrogens with zero attached hydrogens (tertiary/aromatic N) is 3. The quantitative estimate of drug-likeness (QED) is 0.647. The monoisotopic (exact) mass is 179 g/mol. The van der Waals surface area contributed by atoms with Gasteiger partial charge in [0.2, 0.25) is 0 Å². The standard InChI is InChI=1S/C9H13N3O/c1-12-8(10-7-11-12)9(13)5-3-2-4-6-9/h3,5,7,13H,2,4,6H2,1H3. The number of aromatic nitrogens is 3. The maximum absolute atomic E-state index is 10.2. The molecule has 70 valence electrons. The van der Waals surface area contributed by atoms with Gasteiger partial charge < -0.3 is 5.11 Å². The number of hydrogen-bond acceptors (Lipinski definition) is 3. The average molecular weight is 179 g/mol. The molecule has 4 nitrogen and oxygen atoms in total. The molecule has 1 aromatic heterocycles. The summed E-state index contributed by atoms with van der Waals surface area (Å²) in [5, 5.41) is 14.2. The lowest BCUT2D eigenvalue weighted by Crippen LogP contribution is -2.28. The Kier molecular flexibility index (Phi) is 1.92. The van der Waals surface area contributed by atoms with Crippen LogP contribution in [0.5, 0.6) is 0 Å².